The van der Waals surface area contributed by atoms with Gasteiger partial charge in [-0.3, -0.25) is 4.79 Å². The number of fused-ring (bicyclic) bond motifs is 5. The summed E-state index contributed by atoms with van der Waals surface area (Å²) < 4.78 is 5.88. The predicted molar refractivity (Wildman–Crippen MR) is 106 cm³/mol. The van der Waals surface area contributed by atoms with Gasteiger partial charge in [-0.05, 0) is 91.8 Å². The van der Waals surface area contributed by atoms with Crippen molar-refractivity contribution in [2.24, 2.45) is 46.3 Å². The molecule has 26 heavy (non-hydrogen) atoms. The molecule has 8 unspecified atom stereocenters. The SMILES string of the molecule is CCC(=O)C1CCC2C3CCC4CC(C)CCC4(COC)C3CCC12C. The van der Waals surface area contributed by atoms with Gasteiger partial charge in [0.2, 0.25) is 0 Å². The summed E-state index contributed by atoms with van der Waals surface area (Å²) in [6, 6.07) is 0. The smallest absolute Gasteiger partial charge is 0.136 e. The van der Waals surface area contributed by atoms with Crippen molar-refractivity contribution in [3.63, 3.8) is 0 Å². The quantitative estimate of drug-likeness (QED) is 0.625. The van der Waals surface area contributed by atoms with Gasteiger partial charge in [0.25, 0.3) is 0 Å². The monoisotopic (exact) mass is 360 g/mol. The van der Waals surface area contributed by atoms with Gasteiger partial charge in [0.15, 0.2) is 0 Å². The highest BCUT2D eigenvalue weighted by atomic mass is 16.5. The van der Waals surface area contributed by atoms with E-state index in [1.165, 1.54) is 51.4 Å². The minimum Gasteiger partial charge on any atom is -0.384 e. The van der Waals surface area contributed by atoms with Crippen molar-refractivity contribution < 1.29 is 9.53 Å². The lowest BCUT2D eigenvalue weighted by Crippen LogP contribution is -2.56. The molecule has 4 aliphatic carbocycles. The average molecular weight is 361 g/mol. The third kappa shape index (κ3) is 2.65. The van der Waals surface area contributed by atoms with E-state index in [0.717, 1.165) is 49.0 Å². The second-order valence-electron chi connectivity index (χ2n) is 10.7. The highest BCUT2D eigenvalue weighted by molar-refractivity contribution is 5.82. The van der Waals surface area contributed by atoms with Gasteiger partial charge in [0.05, 0.1) is 6.61 Å². The summed E-state index contributed by atoms with van der Waals surface area (Å²) >= 11 is 0. The van der Waals surface area contributed by atoms with Crippen LogP contribution in [-0.4, -0.2) is 19.5 Å². The highest BCUT2D eigenvalue weighted by Crippen LogP contribution is 2.68. The minimum atomic E-state index is 0.289. The van der Waals surface area contributed by atoms with Crippen LogP contribution in [0, 0.1) is 46.3 Å². The highest BCUT2D eigenvalue weighted by Gasteiger charge is 2.62. The van der Waals surface area contributed by atoms with E-state index in [4.69, 9.17) is 4.74 Å². The topological polar surface area (TPSA) is 26.3 Å². The Morgan fingerprint density at radius 1 is 1.04 bits per heavy atom. The number of hydrogen-bond donors (Lipinski definition) is 0. The molecule has 2 nitrogen and oxygen atoms in total. The number of hydrogen-bond acceptors (Lipinski definition) is 2. The zero-order valence-electron chi connectivity index (χ0n) is 17.6. The number of ether oxygens (including phenoxy) is 1. The van der Waals surface area contributed by atoms with Gasteiger partial charge in [0.1, 0.15) is 5.78 Å². The van der Waals surface area contributed by atoms with Gasteiger partial charge >= 0.3 is 0 Å². The summed E-state index contributed by atoms with van der Waals surface area (Å²) in [6.45, 7) is 7.98. The average Bonchev–Trinajstić information content (AvgIpc) is 2.99. The lowest BCUT2D eigenvalue weighted by molar-refractivity contribution is -0.154. The Bertz CT molecular complexity index is 542. The third-order valence-electron chi connectivity index (χ3n) is 9.78. The standard InChI is InChI=1S/C24H40O2/c1-5-22(25)21-9-8-19-18-7-6-17-14-16(2)10-13-24(17,15-26-4)20(18)11-12-23(19,21)3/h16-21H,5-15H2,1-4H3. The van der Waals surface area contributed by atoms with Gasteiger partial charge in [-0.15, -0.1) is 0 Å². The first kappa shape index (κ1) is 19.0. The van der Waals surface area contributed by atoms with Crippen LogP contribution in [0.5, 0.6) is 0 Å². The van der Waals surface area contributed by atoms with E-state index in [9.17, 15) is 4.79 Å². The molecule has 0 aromatic carbocycles. The normalized spacial score (nSPS) is 50.6. The summed E-state index contributed by atoms with van der Waals surface area (Å²) in [7, 11) is 1.92. The van der Waals surface area contributed by atoms with Gasteiger partial charge in [0, 0.05) is 19.4 Å². The van der Waals surface area contributed by atoms with Crippen LogP contribution in [0.25, 0.3) is 0 Å². The van der Waals surface area contributed by atoms with Crippen molar-refractivity contribution in [2.75, 3.05) is 13.7 Å². The Morgan fingerprint density at radius 2 is 1.85 bits per heavy atom. The maximum absolute atomic E-state index is 12.6. The van der Waals surface area contributed by atoms with Crippen molar-refractivity contribution in [3.8, 4) is 0 Å². The molecule has 0 radical (unpaired) electrons. The molecule has 0 spiro atoms. The van der Waals surface area contributed by atoms with Crippen LogP contribution in [0.4, 0.5) is 0 Å². The second-order valence-corrected chi connectivity index (χ2v) is 10.7. The molecular weight excluding hydrogens is 320 g/mol. The van der Waals surface area contributed by atoms with Gasteiger partial charge in [-0.1, -0.05) is 27.2 Å². The van der Waals surface area contributed by atoms with Crippen molar-refractivity contribution in [3.05, 3.63) is 0 Å². The van der Waals surface area contributed by atoms with Crippen molar-refractivity contribution in [1.29, 1.82) is 0 Å². The zero-order chi connectivity index (χ0) is 18.5. The number of Topliss-reactive ketones (excluding diaryl/α,β-unsaturated/α-hetero) is 1. The van der Waals surface area contributed by atoms with Crippen LogP contribution in [0.15, 0.2) is 0 Å². The fraction of sp³-hybridized carbons (Fsp3) is 0.958. The van der Waals surface area contributed by atoms with Crippen molar-refractivity contribution in [1.82, 2.24) is 0 Å². The summed E-state index contributed by atoms with van der Waals surface area (Å²) in [5, 5.41) is 0. The molecule has 0 bridgehead atoms. The van der Waals surface area contributed by atoms with Crippen molar-refractivity contribution in [2.45, 2.75) is 85.0 Å². The first-order valence-corrected chi connectivity index (χ1v) is 11.5. The molecule has 148 valence electrons. The molecule has 0 N–H and O–H groups in total. The predicted octanol–water partition coefficient (Wildman–Crippen LogP) is 5.89. The molecule has 0 saturated heterocycles. The van der Waals surface area contributed by atoms with Gasteiger partial charge in [-0.2, -0.15) is 0 Å². The zero-order valence-corrected chi connectivity index (χ0v) is 17.6. The third-order valence-corrected chi connectivity index (χ3v) is 9.78. The van der Waals surface area contributed by atoms with Gasteiger partial charge in [-0.25, -0.2) is 0 Å². The van der Waals surface area contributed by atoms with Crippen LogP contribution in [-0.2, 0) is 9.53 Å². The molecule has 0 amide bonds. The lowest BCUT2D eigenvalue weighted by atomic mass is 9.44. The van der Waals surface area contributed by atoms with E-state index < -0.39 is 0 Å². The molecule has 4 aliphatic rings. The van der Waals surface area contributed by atoms with E-state index in [1.54, 1.807) is 0 Å². The fourth-order valence-corrected chi connectivity index (χ4v) is 8.59. The van der Waals surface area contributed by atoms with E-state index in [-0.39, 0.29) is 5.41 Å². The van der Waals surface area contributed by atoms with Crippen LogP contribution < -0.4 is 0 Å². The Labute approximate surface area is 160 Å². The molecule has 8 atom stereocenters. The lowest BCUT2D eigenvalue weighted by Gasteiger charge is -2.62. The molecule has 0 aromatic rings. The molecular formula is C24H40O2. The van der Waals surface area contributed by atoms with Crippen LogP contribution in [0.2, 0.25) is 0 Å². The Balaban J connectivity index is 1.63. The molecule has 0 aromatic heterocycles. The van der Waals surface area contributed by atoms with Crippen LogP contribution >= 0.6 is 0 Å². The first-order valence-electron chi connectivity index (χ1n) is 11.5. The van der Waals surface area contributed by atoms with Crippen LogP contribution in [0.3, 0.4) is 0 Å². The van der Waals surface area contributed by atoms with E-state index in [0.29, 0.717) is 17.1 Å². The maximum atomic E-state index is 12.6. The number of ketones is 1. The minimum absolute atomic E-state index is 0.289. The van der Waals surface area contributed by atoms with Gasteiger partial charge < -0.3 is 4.74 Å². The summed E-state index contributed by atoms with van der Waals surface area (Å²) in [4.78, 5) is 12.6. The number of carbonyl (C=O) groups excluding carboxylic acids is 1. The Hall–Kier alpha value is -0.370. The number of carbonyl (C=O) groups is 1. The van der Waals surface area contributed by atoms with E-state index in [1.807, 2.05) is 7.11 Å². The second kappa shape index (κ2) is 6.90. The first-order chi connectivity index (χ1) is 12.5. The number of methoxy groups -OCH3 is 1. The van der Waals surface area contributed by atoms with E-state index >= 15 is 0 Å². The summed E-state index contributed by atoms with van der Waals surface area (Å²) in [5.41, 5.74) is 0.732. The van der Waals surface area contributed by atoms with Crippen LogP contribution in [0.1, 0.15) is 85.0 Å². The molecule has 0 aliphatic heterocycles. The number of rotatable bonds is 4. The fourth-order valence-electron chi connectivity index (χ4n) is 8.59. The maximum Gasteiger partial charge on any atom is 0.136 e. The molecule has 4 rings (SSSR count). The molecule has 2 heteroatoms. The molecule has 4 saturated carbocycles. The van der Waals surface area contributed by atoms with Crippen molar-refractivity contribution >= 4 is 5.78 Å². The van der Waals surface area contributed by atoms with E-state index in [2.05, 4.69) is 20.8 Å². The summed E-state index contributed by atoms with van der Waals surface area (Å²) in [6.07, 6.45) is 12.8. The Kier molecular flexibility index (Phi) is 5.04. The largest absolute Gasteiger partial charge is 0.384 e. The molecule has 0 heterocycles. The Morgan fingerprint density at radius 3 is 2.58 bits per heavy atom. The summed E-state index contributed by atoms with van der Waals surface area (Å²) in [5.74, 6) is 5.15. The molecule has 4 fully saturated rings.